The zero-order valence-electron chi connectivity index (χ0n) is 11.4. The van der Waals surface area contributed by atoms with Gasteiger partial charge in [-0.25, -0.2) is 0 Å². The molecule has 0 saturated carbocycles. The second-order valence-electron chi connectivity index (χ2n) is 5.08. The molecule has 1 aliphatic heterocycles. The van der Waals surface area contributed by atoms with Crippen molar-refractivity contribution in [3.63, 3.8) is 0 Å². The number of nitrogens with two attached hydrogens (primary N) is 1. The van der Waals surface area contributed by atoms with E-state index in [0.717, 1.165) is 29.5 Å². The van der Waals surface area contributed by atoms with E-state index < -0.39 is 5.91 Å². The number of carbonyl (C=O) groups excluding carboxylic acids is 1. The minimum absolute atomic E-state index is 0.440. The van der Waals surface area contributed by atoms with Gasteiger partial charge in [-0.15, -0.1) is 0 Å². The molecule has 0 bridgehead atoms. The Kier molecular flexibility index (Phi) is 3.84. The van der Waals surface area contributed by atoms with Gasteiger partial charge >= 0.3 is 0 Å². The Morgan fingerprint density at radius 2 is 2.10 bits per heavy atom. The van der Waals surface area contributed by atoms with Crippen LogP contribution < -0.4 is 16.4 Å². The van der Waals surface area contributed by atoms with Crippen molar-refractivity contribution in [2.45, 2.75) is 12.8 Å². The number of anilines is 3. The predicted molar refractivity (Wildman–Crippen MR) is 89.2 cm³/mol. The molecule has 0 radical (unpaired) electrons. The Morgan fingerprint density at radius 1 is 1.24 bits per heavy atom. The highest BCUT2D eigenvalue weighted by atomic mass is 79.9. The summed E-state index contributed by atoms with van der Waals surface area (Å²) in [7, 11) is 0. The summed E-state index contributed by atoms with van der Waals surface area (Å²) in [6, 6.07) is 11.6. The Bertz CT molecular complexity index is 700. The van der Waals surface area contributed by atoms with Crippen LogP contribution in [0.3, 0.4) is 0 Å². The van der Waals surface area contributed by atoms with Crippen molar-refractivity contribution in [2.75, 3.05) is 17.2 Å². The van der Waals surface area contributed by atoms with E-state index in [2.05, 4.69) is 38.7 Å². The molecule has 3 rings (SSSR count). The van der Waals surface area contributed by atoms with Crippen LogP contribution in [0.25, 0.3) is 0 Å². The summed E-state index contributed by atoms with van der Waals surface area (Å²) >= 11 is 3.42. The first kappa shape index (κ1) is 13.9. The molecule has 1 amide bonds. The van der Waals surface area contributed by atoms with Crippen LogP contribution in [-0.2, 0) is 6.42 Å². The normalized spacial score (nSPS) is 13.2. The van der Waals surface area contributed by atoms with Crippen molar-refractivity contribution in [3.05, 3.63) is 52.0 Å². The zero-order valence-corrected chi connectivity index (χ0v) is 13.0. The lowest BCUT2D eigenvalue weighted by Gasteiger charge is -2.19. The number of nitrogens with one attached hydrogen (secondary N) is 2. The molecule has 4 nitrogen and oxygen atoms in total. The molecule has 108 valence electrons. The molecule has 21 heavy (non-hydrogen) atoms. The van der Waals surface area contributed by atoms with Crippen molar-refractivity contribution in [3.8, 4) is 0 Å². The smallest absolute Gasteiger partial charge is 0.250 e. The fraction of sp³-hybridized carbons (Fsp3) is 0.188. The maximum atomic E-state index is 11.5. The van der Waals surface area contributed by atoms with E-state index >= 15 is 0 Å². The van der Waals surface area contributed by atoms with Crippen LogP contribution in [-0.4, -0.2) is 12.5 Å². The van der Waals surface area contributed by atoms with Crippen molar-refractivity contribution < 1.29 is 4.79 Å². The molecular formula is C16H16BrN3O. The van der Waals surface area contributed by atoms with E-state index in [1.165, 1.54) is 11.3 Å². The average Bonchev–Trinajstić information content (AvgIpc) is 2.47. The maximum absolute atomic E-state index is 11.5. The number of carbonyl (C=O) groups is 1. The molecule has 0 saturated heterocycles. The molecular weight excluding hydrogens is 330 g/mol. The van der Waals surface area contributed by atoms with Crippen LogP contribution in [0.4, 0.5) is 17.1 Å². The highest BCUT2D eigenvalue weighted by Gasteiger charge is 2.11. The van der Waals surface area contributed by atoms with Gasteiger partial charge in [0.2, 0.25) is 0 Å². The number of amides is 1. The van der Waals surface area contributed by atoms with Crippen LogP contribution in [0.2, 0.25) is 0 Å². The van der Waals surface area contributed by atoms with Crippen molar-refractivity contribution in [1.29, 1.82) is 0 Å². The lowest BCUT2D eigenvalue weighted by molar-refractivity contribution is 0.100. The number of hydrogen-bond acceptors (Lipinski definition) is 3. The Morgan fingerprint density at radius 3 is 2.90 bits per heavy atom. The predicted octanol–water partition coefficient (Wildman–Crippen LogP) is 3.65. The lowest BCUT2D eigenvalue weighted by Crippen LogP contribution is -2.14. The second kappa shape index (κ2) is 5.77. The van der Waals surface area contributed by atoms with Crippen LogP contribution in [0, 0.1) is 0 Å². The number of rotatable bonds is 3. The molecule has 2 aromatic rings. The first-order valence-corrected chi connectivity index (χ1v) is 7.66. The molecule has 1 heterocycles. The van der Waals surface area contributed by atoms with Gasteiger partial charge in [0.25, 0.3) is 5.91 Å². The molecule has 0 unspecified atom stereocenters. The third kappa shape index (κ3) is 3.03. The van der Waals surface area contributed by atoms with Gasteiger partial charge in [0.1, 0.15) is 0 Å². The first-order valence-electron chi connectivity index (χ1n) is 6.86. The van der Waals surface area contributed by atoms with Crippen LogP contribution >= 0.6 is 15.9 Å². The zero-order chi connectivity index (χ0) is 14.8. The van der Waals surface area contributed by atoms with Gasteiger partial charge in [0.05, 0.1) is 11.3 Å². The van der Waals surface area contributed by atoms with Gasteiger partial charge in [-0.2, -0.15) is 0 Å². The number of halogens is 1. The van der Waals surface area contributed by atoms with Gasteiger partial charge in [-0.1, -0.05) is 15.9 Å². The Balaban J connectivity index is 1.93. The van der Waals surface area contributed by atoms with Crippen LogP contribution in [0.1, 0.15) is 22.3 Å². The largest absolute Gasteiger partial charge is 0.385 e. The molecule has 1 aliphatic rings. The summed E-state index contributed by atoms with van der Waals surface area (Å²) in [5.41, 5.74) is 10.1. The number of fused-ring (bicyclic) bond motifs is 1. The summed E-state index contributed by atoms with van der Waals surface area (Å²) in [5, 5.41) is 6.67. The highest BCUT2D eigenvalue weighted by Crippen LogP contribution is 2.29. The molecule has 4 N–H and O–H groups in total. The van der Waals surface area contributed by atoms with Gasteiger partial charge in [0, 0.05) is 22.4 Å². The number of benzene rings is 2. The Hall–Kier alpha value is -2.01. The first-order chi connectivity index (χ1) is 10.1. The summed E-state index contributed by atoms with van der Waals surface area (Å²) < 4.78 is 0.898. The highest BCUT2D eigenvalue weighted by molar-refractivity contribution is 9.10. The minimum Gasteiger partial charge on any atom is -0.385 e. The van der Waals surface area contributed by atoms with E-state index in [4.69, 9.17) is 5.73 Å². The van der Waals surface area contributed by atoms with Gasteiger partial charge in [0.15, 0.2) is 0 Å². The number of aryl methyl sites for hydroxylation is 1. The van der Waals surface area contributed by atoms with Crippen LogP contribution in [0.5, 0.6) is 0 Å². The molecule has 0 aromatic heterocycles. The fourth-order valence-corrected chi connectivity index (χ4v) is 2.90. The molecule has 0 spiro atoms. The quantitative estimate of drug-likeness (QED) is 0.795. The van der Waals surface area contributed by atoms with E-state index in [9.17, 15) is 4.79 Å². The van der Waals surface area contributed by atoms with E-state index in [-0.39, 0.29) is 0 Å². The van der Waals surface area contributed by atoms with Gasteiger partial charge < -0.3 is 16.4 Å². The summed E-state index contributed by atoms with van der Waals surface area (Å²) in [5.74, 6) is -0.440. The molecule has 2 aromatic carbocycles. The average molecular weight is 346 g/mol. The van der Waals surface area contributed by atoms with Crippen molar-refractivity contribution >= 4 is 38.9 Å². The van der Waals surface area contributed by atoms with E-state index in [1.807, 2.05) is 18.2 Å². The van der Waals surface area contributed by atoms with Crippen LogP contribution in [0.15, 0.2) is 40.9 Å². The van der Waals surface area contributed by atoms with Gasteiger partial charge in [-0.3, -0.25) is 4.79 Å². The maximum Gasteiger partial charge on any atom is 0.250 e. The van der Waals surface area contributed by atoms with E-state index in [0.29, 0.717) is 11.3 Å². The second-order valence-corrected chi connectivity index (χ2v) is 6.00. The molecule has 0 fully saturated rings. The van der Waals surface area contributed by atoms with Crippen molar-refractivity contribution in [1.82, 2.24) is 0 Å². The SMILES string of the molecule is NC(=O)c1ccc(Br)cc1Nc1ccc2c(c1)CCCN2. The monoisotopic (exact) mass is 345 g/mol. The summed E-state index contributed by atoms with van der Waals surface area (Å²) in [4.78, 5) is 11.5. The standard InChI is InChI=1S/C16H16BrN3O/c17-11-3-5-13(16(18)21)15(9-11)20-12-4-6-14-10(8-12)2-1-7-19-14/h3-6,8-9,19-20H,1-2,7H2,(H2,18,21). The number of hydrogen-bond donors (Lipinski definition) is 3. The van der Waals surface area contributed by atoms with Gasteiger partial charge in [-0.05, 0) is 54.8 Å². The Labute approximate surface area is 131 Å². The molecule has 5 heteroatoms. The molecule has 0 aliphatic carbocycles. The van der Waals surface area contributed by atoms with E-state index in [1.54, 1.807) is 6.07 Å². The summed E-state index contributed by atoms with van der Waals surface area (Å²) in [6.07, 6.45) is 2.21. The lowest BCUT2D eigenvalue weighted by atomic mass is 10.0. The minimum atomic E-state index is -0.440. The molecule has 0 atom stereocenters. The fourth-order valence-electron chi connectivity index (χ4n) is 2.54. The summed E-state index contributed by atoms with van der Waals surface area (Å²) in [6.45, 7) is 1.03. The number of primary amides is 1. The van der Waals surface area contributed by atoms with Crippen molar-refractivity contribution in [2.24, 2.45) is 5.73 Å². The third-order valence-corrected chi connectivity index (χ3v) is 4.06. The third-order valence-electron chi connectivity index (χ3n) is 3.57. The topological polar surface area (TPSA) is 67.2 Å².